The molecule has 0 amide bonds. The summed E-state index contributed by atoms with van der Waals surface area (Å²) in [6, 6.07) is 4.79. The molecule has 0 radical (unpaired) electrons. The average Bonchev–Trinajstić information content (AvgIpc) is 2.28. The van der Waals surface area contributed by atoms with Gasteiger partial charge in [-0.25, -0.2) is 0 Å². The third-order valence-electron chi connectivity index (χ3n) is 3.76. The minimum atomic E-state index is 0.271. The molecule has 1 heterocycles. The van der Waals surface area contributed by atoms with Crippen molar-refractivity contribution in [2.24, 2.45) is 0 Å². The van der Waals surface area contributed by atoms with Crippen molar-refractivity contribution in [2.45, 2.75) is 46.1 Å². The lowest BCUT2D eigenvalue weighted by Crippen LogP contribution is -2.42. The molecule has 1 atom stereocenters. The fourth-order valence-corrected chi connectivity index (χ4v) is 3.11. The van der Waals surface area contributed by atoms with Crippen LogP contribution in [-0.4, -0.2) is 24.3 Å². The Hall–Kier alpha value is -1.02. The van der Waals surface area contributed by atoms with Crippen LogP contribution in [0, 0.1) is 20.8 Å². The van der Waals surface area contributed by atoms with E-state index in [4.69, 9.17) is 0 Å². The van der Waals surface area contributed by atoms with E-state index in [0.717, 1.165) is 13.0 Å². The van der Waals surface area contributed by atoms with Gasteiger partial charge in [0.1, 0.15) is 0 Å². The number of hydrogen-bond donors (Lipinski definition) is 1. The lowest BCUT2D eigenvalue weighted by molar-refractivity contribution is 0.240. The average molecular weight is 233 g/mol. The van der Waals surface area contributed by atoms with E-state index >= 15 is 0 Å². The summed E-state index contributed by atoms with van der Waals surface area (Å²) in [5, 5.41) is 9.52. The number of aryl methyl sites for hydroxylation is 3. The predicted molar refractivity (Wildman–Crippen MR) is 72.7 cm³/mol. The Kier molecular flexibility index (Phi) is 3.72. The van der Waals surface area contributed by atoms with E-state index in [2.05, 4.69) is 37.8 Å². The van der Waals surface area contributed by atoms with Gasteiger partial charge in [-0.15, -0.1) is 0 Å². The van der Waals surface area contributed by atoms with E-state index in [1.165, 1.54) is 35.2 Å². The van der Waals surface area contributed by atoms with Crippen molar-refractivity contribution in [2.75, 3.05) is 18.1 Å². The molecule has 0 saturated carbocycles. The third-order valence-corrected chi connectivity index (χ3v) is 3.76. The standard InChI is InChI=1S/C15H23NO/c1-11-8-12(2)15(13(3)9-11)16-7-5-4-6-14(16)10-17/h8-9,14,17H,4-7,10H2,1-3H3. The first-order valence-corrected chi connectivity index (χ1v) is 6.59. The molecular formula is C15H23NO. The second kappa shape index (κ2) is 5.09. The van der Waals surface area contributed by atoms with Crippen molar-refractivity contribution in [3.63, 3.8) is 0 Å². The van der Waals surface area contributed by atoms with E-state index in [9.17, 15) is 5.11 Å². The maximum Gasteiger partial charge on any atom is 0.0635 e. The molecule has 94 valence electrons. The molecule has 1 aliphatic rings. The van der Waals surface area contributed by atoms with Crippen molar-refractivity contribution in [1.29, 1.82) is 0 Å². The molecule has 0 spiro atoms. The number of anilines is 1. The van der Waals surface area contributed by atoms with Crippen LogP contribution in [0.2, 0.25) is 0 Å². The maximum atomic E-state index is 9.52. The van der Waals surface area contributed by atoms with Gasteiger partial charge in [0.25, 0.3) is 0 Å². The molecule has 2 nitrogen and oxygen atoms in total. The number of rotatable bonds is 2. The zero-order valence-corrected chi connectivity index (χ0v) is 11.2. The summed E-state index contributed by atoms with van der Waals surface area (Å²) < 4.78 is 0. The van der Waals surface area contributed by atoms with E-state index in [1.54, 1.807) is 0 Å². The fraction of sp³-hybridized carbons (Fsp3) is 0.600. The maximum absolute atomic E-state index is 9.52. The molecule has 1 N–H and O–H groups in total. The summed E-state index contributed by atoms with van der Waals surface area (Å²) in [4.78, 5) is 2.41. The largest absolute Gasteiger partial charge is 0.394 e. The first-order chi connectivity index (χ1) is 8.13. The number of aliphatic hydroxyl groups is 1. The van der Waals surface area contributed by atoms with Crippen LogP contribution in [0.1, 0.15) is 36.0 Å². The van der Waals surface area contributed by atoms with Gasteiger partial charge in [0.15, 0.2) is 0 Å². The lowest BCUT2D eigenvalue weighted by Gasteiger charge is -2.38. The van der Waals surface area contributed by atoms with Crippen LogP contribution in [0.3, 0.4) is 0 Å². The topological polar surface area (TPSA) is 23.5 Å². The normalized spacial score (nSPS) is 20.7. The molecule has 1 aliphatic heterocycles. The number of hydrogen-bond acceptors (Lipinski definition) is 2. The molecule has 1 fully saturated rings. The summed E-state index contributed by atoms with van der Waals surface area (Å²) in [5.41, 5.74) is 5.33. The van der Waals surface area contributed by atoms with Crippen LogP contribution in [0.25, 0.3) is 0 Å². The van der Waals surface area contributed by atoms with E-state index in [1.807, 2.05) is 0 Å². The second-order valence-corrected chi connectivity index (χ2v) is 5.27. The Morgan fingerprint density at radius 2 is 1.82 bits per heavy atom. The van der Waals surface area contributed by atoms with E-state index in [0.29, 0.717) is 6.04 Å². The first kappa shape index (κ1) is 12.4. The summed E-state index contributed by atoms with van der Waals surface area (Å²) in [6.45, 7) is 7.85. The Morgan fingerprint density at radius 3 is 2.41 bits per heavy atom. The van der Waals surface area contributed by atoms with Crippen LogP contribution in [-0.2, 0) is 0 Å². The Labute approximate surface area is 104 Å². The monoisotopic (exact) mass is 233 g/mol. The lowest BCUT2D eigenvalue weighted by atomic mass is 9.97. The van der Waals surface area contributed by atoms with E-state index in [-0.39, 0.29) is 6.61 Å². The van der Waals surface area contributed by atoms with Gasteiger partial charge in [-0.2, -0.15) is 0 Å². The molecule has 1 aromatic carbocycles. The molecular weight excluding hydrogens is 210 g/mol. The molecule has 2 heteroatoms. The SMILES string of the molecule is Cc1cc(C)c(N2CCCCC2CO)c(C)c1. The van der Waals surface area contributed by atoms with Crippen molar-refractivity contribution < 1.29 is 5.11 Å². The Bertz CT molecular complexity index is 377. The van der Waals surface area contributed by atoms with Crippen LogP contribution in [0.5, 0.6) is 0 Å². The van der Waals surface area contributed by atoms with Gasteiger partial charge in [0.05, 0.1) is 12.6 Å². The molecule has 17 heavy (non-hydrogen) atoms. The van der Waals surface area contributed by atoms with Crippen molar-refractivity contribution in [1.82, 2.24) is 0 Å². The van der Waals surface area contributed by atoms with E-state index < -0.39 is 0 Å². The third kappa shape index (κ3) is 2.47. The molecule has 2 rings (SSSR count). The van der Waals surface area contributed by atoms with Crippen LogP contribution in [0.4, 0.5) is 5.69 Å². The van der Waals surface area contributed by atoms with Crippen molar-refractivity contribution >= 4 is 5.69 Å². The number of nitrogens with zero attached hydrogens (tertiary/aromatic N) is 1. The molecule has 1 saturated heterocycles. The quantitative estimate of drug-likeness (QED) is 0.849. The van der Waals surface area contributed by atoms with Crippen LogP contribution >= 0.6 is 0 Å². The van der Waals surface area contributed by atoms with Crippen molar-refractivity contribution in [3.05, 3.63) is 28.8 Å². The minimum Gasteiger partial charge on any atom is -0.394 e. The van der Waals surface area contributed by atoms with Crippen LogP contribution < -0.4 is 4.90 Å². The molecule has 0 aliphatic carbocycles. The highest BCUT2D eigenvalue weighted by Gasteiger charge is 2.24. The Balaban J connectivity index is 2.38. The minimum absolute atomic E-state index is 0.271. The number of aliphatic hydroxyl groups excluding tert-OH is 1. The highest BCUT2D eigenvalue weighted by molar-refractivity contribution is 5.61. The Morgan fingerprint density at radius 1 is 1.18 bits per heavy atom. The van der Waals surface area contributed by atoms with Gasteiger partial charge in [-0.3, -0.25) is 0 Å². The summed E-state index contributed by atoms with van der Waals surface area (Å²) in [6.07, 6.45) is 3.60. The number of benzene rings is 1. The van der Waals surface area contributed by atoms with Crippen LogP contribution in [0.15, 0.2) is 12.1 Å². The number of piperidine rings is 1. The summed E-state index contributed by atoms with van der Waals surface area (Å²) in [7, 11) is 0. The predicted octanol–water partition coefficient (Wildman–Crippen LogP) is 2.96. The van der Waals surface area contributed by atoms with Gasteiger partial charge in [0.2, 0.25) is 0 Å². The fourth-order valence-electron chi connectivity index (χ4n) is 3.11. The van der Waals surface area contributed by atoms with Crippen molar-refractivity contribution in [3.8, 4) is 0 Å². The van der Waals surface area contributed by atoms with Gasteiger partial charge in [-0.05, 0) is 51.2 Å². The highest BCUT2D eigenvalue weighted by atomic mass is 16.3. The van der Waals surface area contributed by atoms with Gasteiger partial charge in [-0.1, -0.05) is 17.7 Å². The van der Waals surface area contributed by atoms with Gasteiger partial charge < -0.3 is 10.0 Å². The highest BCUT2D eigenvalue weighted by Crippen LogP contribution is 2.31. The summed E-state index contributed by atoms with van der Waals surface area (Å²) in [5.74, 6) is 0. The first-order valence-electron chi connectivity index (χ1n) is 6.59. The van der Waals surface area contributed by atoms with Gasteiger partial charge >= 0.3 is 0 Å². The molecule has 1 unspecified atom stereocenters. The second-order valence-electron chi connectivity index (χ2n) is 5.27. The smallest absolute Gasteiger partial charge is 0.0635 e. The zero-order chi connectivity index (χ0) is 12.4. The molecule has 1 aromatic rings. The molecule has 0 aromatic heterocycles. The summed E-state index contributed by atoms with van der Waals surface area (Å²) >= 11 is 0. The van der Waals surface area contributed by atoms with Gasteiger partial charge in [0, 0.05) is 12.2 Å². The zero-order valence-electron chi connectivity index (χ0n) is 11.2. The molecule has 0 bridgehead atoms.